The Morgan fingerprint density at radius 2 is 1.45 bits per heavy atom. The molecule has 0 bridgehead atoms. The van der Waals surface area contributed by atoms with Crippen molar-refractivity contribution in [1.82, 2.24) is 9.03 Å². The Bertz CT molecular complexity index is 1080. The van der Waals surface area contributed by atoms with E-state index in [0.29, 0.717) is 19.5 Å². The van der Waals surface area contributed by atoms with Crippen molar-refractivity contribution in [2.24, 2.45) is 0 Å². The number of hydrogen-bond acceptors (Lipinski definition) is 6. The Labute approximate surface area is 169 Å². The summed E-state index contributed by atoms with van der Waals surface area (Å²) in [6, 6.07) is 11.0. The molecule has 3 rings (SSSR count). The molecular formula is C18H21N3O6S2. The van der Waals surface area contributed by atoms with Crippen LogP contribution in [-0.2, 0) is 26.5 Å². The largest absolute Gasteiger partial charge is 0.269 e. The van der Waals surface area contributed by atoms with E-state index in [0.717, 1.165) is 30.5 Å². The normalized spacial score (nSPS) is 15.4. The number of nitro benzene ring substituents is 1. The molecule has 0 spiro atoms. The fraction of sp³-hybridized carbons (Fsp3) is 0.333. The van der Waals surface area contributed by atoms with Crippen LogP contribution in [0.3, 0.4) is 0 Å². The molecule has 1 N–H and O–H groups in total. The minimum Gasteiger partial charge on any atom is -0.258 e. The van der Waals surface area contributed by atoms with Crippen LogP contribution >= 0.6 is 0 Å². The Morgan fingerprint density at radius 1 is 0.897 bits per heavy atom. The van der Waals surface area contributed by atoms with E-state index in [1.54, 1.807) is 12.1 Å². The van der Waals surface area contributed by atoms with Gasteiger partial charge in [-0.15, -0.1) is 0 Å². The molecule has 1 aliphatic heterocycles. The van der Waals surface area contributed by atoms with Gasteiger partial charge in [0.25, 0.3) is 5.69 Å². The third-order valence-electron chi connectivity index (χ3n) is 4.69. The molecular weight excluding hydrogens is 418 g/mol. The van der Waals surface area contributed by atoms with Crippen LogP contribution in [0.15, 0.2) is 58.3 Å². The summed E-state index contributed by atoms with van der Waals surface area (Å²) in [7, 11) is -7.26. The highest BCUT2D eigenvalue weighted by Gasteiger charge is 2.26. The second-order valence-corrected chi connectivity index (χ2v) is 10.4. The van der Waals surface area contributed by atoms with Crippen LogP contribution in [0.2, 0.25) is 0 Å². The van der Waals surface area contributed by atoms with E-state index in [4.69, 9.17) is 0 Å². The van der Waals surface area contributed by atoms with E-state index in [1.807, 2.05) is 0 Å². The number of nitro groups is 1. The quantitative estimate of drug-likeness (QED) is 0.494. The van der Waals surface area contributed by atoms with E-state index in [1.165, 1.54) is 28.6 Å². The second-order valence-electron chi connectivity index (χ2n) is 6.65. The van der Waals surface area contributed by atoms with Crippen LogP contribution in [0.25, 0.3) is 0 Å². The zero-order valence-electron chi connectivity index (χ0n) is 15.5. The third kappa shape index (κ3) is 4.99. The molecule has 156 valence electrons. The Balaban J connectivity index is 1.59. The first-order valence-corrected chi connectivity index (χ1v) is 12.0. The van der Waals surface area contributed by atoms with Gasteiger partial charge in [-0.25, -0.2) is 21.6 Å². The Hall–Kier alpha value is -2.34. The minimum atomic E-state index is -3.79. The average molecular weight is 440 g/mol. The summed E-state index contributed by atoms with van der Waals surface area (Å²) in [5.74, 6) is 0. The summed E-state index contributed by atoms with van der Waals surface area (Å²) in [6.45, 7) is 1.18. The molecule has 9 nitrogen and oxygen atoms in total. The standard InChI is InChI=1S/C18H21N3O6S2/c22-21(23)16-5-9-17(10-6-16)28(24,25)19-12-11-15-3-7-18(8-4-15)29(26,27)20-13-1-2-14-20/h3-10,19H,1-2,11-14H2. The smallest absolute Gasteiger partial charge is 0.258 e. The van der Waals surface area contributed by atoms with Gasteiger partial charge in [-0.05, 0) is 49.1 Å². The summed E-state index contributed by atoms with van der Waals surface area (Å²) in [5, 5.41) is 10.7. The molecule has 1 saturated heterocycles. The first-order chi connectivity index (χ1) is 13.7. The van der Waals surface area contributed by atoms with Gasteiger partial charge in [0.05, 0.1) is 14.7 Å². The molecule has 0 aromatic heterocycles. The Morgan fingerprint density at radius 3 is 2.00 bits per heavy atom. The summed E-state index contributed by atoms with van der Waals surface area (Å²) in [5.41, 5.74) is 0.602. The van der Waals surface area contributed by atoms with E-state index in [9.17, 15) is 26.9 Å². The molecule has 0 saturated carbocycles. The number of hydrogen-bond donors (Lipinski definition) is 1. The van der Waals surface area contributed by atoms with E-state index >= 15 is 0 Å². The highest BCUT2D eigenvalue weighted by Crippen LogP contribution is 2.21. The predicted octanol–water partition coefficient (Wildman–Crippen LogP) is 1.90. The number of sulfonamides is 2. The zero-order valence-corrected chi connectivity index (χ0v) is 17.2. The fourth-order valence-corrected chi connectivity index (χ4v) is 5.61. The lowest BCUT2D eigenvalue weighted by molar-refractivity contribution is -0.384. The number of benzene rings is 2. The monoisotopic (exact) mass is 439 g/mol. The molecule has 0 amide bonds. The molecule has 29 heavy (non-hydrogen) atoms. The summed E-state index contributed by atoms with van der Waals surface area (Å²) in [6.07, 6.45) is 2.11. The molecule has 0 radical (unpaired) electrons. The molecule has 11 heteroatoms. The van der Waals surface area contributed by atoms with Gasteiger partial charge in [-0.3, -0.25) is 10.1 Å². The molecule has 2 aromatic rings. The van der Waals surface area contributed by atoms with Crippen LogP contribution in [-0.4, -0.2) is 45.7 Å². The van der Waals surface area contributed by atoms with Gasteiger partial charge in [0.2, 0.25) is 20.0 Å². The van der Waals surface area contributed by atoms with Crippen molar-refractivity contribution in [3.8, 4) is 0 Å². The van der Waals surface area contributed by atoms with Gasteiger partial charge in [0.15, 0.2) is 0 Å². The van der Waals surface area contributed by atoms with Crippen molar-refractivity contribution in [1.29, 1.82) is 0 Å². The average Bonchev–Trinajstić information content (AvgIpc) is 3.24. The first-order valence-electron chi connectivity index (χ1n) is 9.03. The maximum Gasteiger partial charge on any atom is 0.269 e. The number of nitrogens with one attached hydrogen (secondary N) is 1. The van der Waals surface area contributed by atoms with Crippen LogP contribution in [0.4, 0.5) is 5.69 Å². The summed E-state index contributed by atoms with van der Waals surface area (Å²) < 4.78 is 53.5. The molecule has 2 aromatic carbocycles. The van der Waals surface area contributed by atoms with E-state index < -0.39 is 25.0 Å². The first kappa shape index (κ1) is 21.4. The van der Waals surface area contributed by atoms with Crippen LogP contribution in [0, 0.1) is 10.1 Å². The highest BCUT2D eigenvalue weighted by atomic mass is 32.2. The fourth-order valence-electron chi connectivity index (χ4n) is 3.07. The SMILES string of the molecule is O=[N+]([O-])c1ccc(S(=O)(=O)NCCc2ccc(S(=O)(=O)N3CCCC3)cc2)cc1. The molecule has 0 aliphatic carbocycles. The van der Waals surface area contributed by atoms with E-state index in [2.05, 4.69) is 4.72 Å². The van der Waals surface area contributed by atoms with Crippen LogP contribution in [0.1, 0.15) is 18.4 Å². The highest BCUT2D eigenvalue weighted by molar-refractivity contribution is 7.89. The van der Waals surface area contributed by atoms with Gasteiger partial charge < -0.3 is 0 Å². The van der Waals surface area contributed by atoms with Crippen LogP contribution in [0.5, 0.6) is 0 Å². The lowest BCUT2D eigenvalue weighted by Gasteiger charge is -2.15. The van der Waals surface area contributed by atoms with Crippen molar-refractivity contribution in [2.75, 3.05) is 19.6 Å². The topological polar surface area (TPSA) is 127 Å². The molecule has 1 heterocycles. The van der Waals surface area contributed by atoms with Crippen molar-refractivity contribution in [3.63, 3.8) is 0 Å². The van der Waals surface area contributed by atoms with Gasteiger partial charge in [-0.1, -0.05) is 12.1 Å². The predicted molar refractivity (Wildman–Crippen MR) is 106 cm³/mol. The molecule has 0 atom stereocenters. The summed E-state index contributed by atoms with van der Waals surface area (Å²) >= 11 is 0. The van der Waals surface area contributed by atoms with Gasteiger partial charge in [-0.2, -0.15) is 4.31 Å². The lowest BCUT2D eigenvalue weighted by atomic mass is 10.2. The lowest BCUT2D eigenvalue weighted by Crippen LogP contribution is -2.28. The van der Waals surface area contributed by atoms with Crippen molar-refractivity contribution >= 4 is 25.7 Å². The third-order valence-corrected chi connectivity index (χ3v) is 8.08. The van der Waals surface area contributed by atoms with Gasteiger partial charge in [0.1, 0.15) is 0 Å². The van der Waals surface area contributed by atoms with Gasteiger partial charge >= 0.3 is 0 Å². The second kappa shape index (κ2) is 8.57. The Kier molecular flexibility index (Phi) is 6.32. The maximum atomic E-state index is 12.5. The van der Waals surface area contributed by atoms with Crippen molar-refractivity contribution < 1.29 is 21.8 Å². The van der Waals surface area contributed by atoms with Crippen molar-refractivity contribution in [3.05, 3.63) is 64.2 Å². The summed E-state index contributed by atoms with van der Waals surface area (Å²) in [4.78, 5) is 10.2. The van der Waals surface area contributed by atoms with Gasteiger partial charge in [0, 0.05) is 31.8 Å². The van der Waals surface area contributed by atoms with Crippen LogP contribution < -0.4 is 4.72 Å². The number of nitrogens with zero attached hydrogens (tertiary/aromatic N) is 2. The minimum absolute atomic E-state index is 0.0600. The number of rotatable bonds is 8. The zero-order chi connectivity index (χ0) is 21.1. The molecule has 1 aliphatic rings. The number of non-ortho nitro benzene ring substituents is 1. The van der Waals surface area contributed by atoms with Crippen molar-refractivity contribution in [2.45, 2.75) is 29.1 Å². The molecule has 0 unspecified atom stereocenters. The maximum absolute atomic E-state index is 12.5. The molecule has 1 fully saturated rings. The van der Waals surface area contributed by atoms with E-state index in [-0.39, 0.29) is 22.0 Å².